The summed E-state index contributed by atoms with van der Waals surface area (Å²) in [6, 6.07) is 6.12. The van der Waals surface area contributed by atoms with Crippen LogP contribution in [0.5, 0.6) is 0 Å². The lowest BCUT2D eigenvalue weighted by atomic mass is 10.1. The summed E-state index contributed by atoms with van der Waals surface area (Å²) in [6.45, 7) is 1.60. The molecule has 1 aliphatic rings. The molecule has 2 heterocycles. The van der Waals surface area contributed by atoms with E-state index in [-0.39, 0.29) is 27.6 Å². The highest BCUT2D eigenvalue weighted by atomic mass is 35.5. The molecule has 0 N–H and O–H groups in total. The quantitative estimate of drug-likeness (QED) is 0.713. The second kappa shape index (κ2) is 5.56. The summed E-state index contributed by atoms with van der Waals surface area (Å²) in [5.41, 5.74) is 1.19. The molecule has 5 nitrogen and oxygen atoms in total. The number of rotatable bonds is 3. The third-order valence-electron chi connectivity index (χ3n) is 4.09. The Hall–Kier alpha value is -2.47. The predicted molar refractivity (Wildman–Crippen MR) is 85.6 cm³/mol. The van der Waals surface area contributed by atoms with Crippen LogP contribution in [0, 0.1) is 12.7 Å². The van der Waals surface area contributed by atoms with Gasteiger partial charge in [-0.1, -0.05) is 22.8 Å². The number of carbonyl (C=O) groups is 1. The maximum atomic E-state index is 14.2. The van der Waals surface area contributed by atoms with Crippen molar-refractivity contribution in [3.05, 3.63) is 58.3 Å². The molecule has 0 saturated heterocycles. The van der Waals surface area contributed by atoms with Crippen LogP contribution in [-0.4, -0.2) is 20.8 Å². The molecule has 1 saturated carbocycles. The Morgan fingerprint density at radius 1 is 1.38 bits per heavy atom. The van der Waals surface area contributed by atoms with Gasteiger partial charge in [-0.25, -0.2) is 9.07 Å². The van der Waals surface area contributed by atoms with Gasteiger partial charge in [0.1, 0.15) is 22.8 Å². The summed E-state index contributed by atoms with van der Waals surface area (Å²) in [5, 5.41) is 8.33. The van der Waals surface area contributed by atoms with E-state index < -0.39 is 11.7 Å². The largest absolute Gasteiger partial charge is 0.360 e. The first kappa shape index (κ1) is 15.1. The van der Waals surface area contributed by atoms with Crippen LogP contribution >= 0.6 is 11.6 Å². The Morgan fingerprint density at radius 3 is 2.88 bits per heavy atom. The molecule has 24 heavy (non-hydrogen) atoms. The van der Waals surface area contributed by atoms with E-state index in [4.69, 9.17) is 16.1 Å². The summed E-state index contributed by atoms with van der Waals surface area (Å²) in [5.74, 6) is -0.264. The minimum atomic E-state index is -0.566. The van der Waals surface area contributed by atoms with Crippen LogP contribution in [0.4, 0.5) is 4.39 Å². The molecular formula is C17H13ClFN3O2. The molecular weight excluding hydrogens is 333 g/mol. The molecule has 0 amide bonds. The number of nitrogens with zero attached hydrogens (tertiary/aromatic N) is 3. The molecule has 0 radical (unpaired) electrons. The minimum absolute atomic E-state index is 0.0499. The van der Waals surface area contributed by atoms with Gasteiger partial charge < -0.3 is 4.52 Å². The van der Waals surface area contributed by atoms with Crippen LogP contribution in [0.3, 0.4) is 0 Å². The fourth-order valence-electron chi connectivity index (χ4n) is 2.68. The van der Waals surface area contributed by atoms with Crippen LogP contribution in [0.25, 0.3) is 11.3 Å². The van der Waals surface area contributed by atoms with Crippen LogP contribution in [-0.2, 0) is 0 Å². The Balaban J connectivity index is 1.80. The zero-order chi connectivity index (χ0) is 16.8. The first-order valence-electron chi connectivity index (χ1n) is 7.57. The molecule has 1 aromatic carbocycles. The number of hydrogen-bond acceptors (Lipinski definition) is 4. The summed E-state index contributed by atoms with van der Waals surface area (Å²) in [4.78, 5) is 12.8. The molecule has 0 unspecified atom stereocenters. The normalized spacial score (nSPS) is 14.1. The standard InChI is InChI=1S/C17H13ClFN3O2/c1-9-14(17(23)22-8-7-13(20-22)10-5-6-10)16(21-24-9)15-11(18)3-2-4-12(15)19/h2-4,7-8,10H,5-6H2,1H3. The van der Waals surface area contributed by atoms with Crippen molar-refractivity contribution in [1.82, 2.24) is 14.9 Å². The SMILES string of the molecule is Cc1onc(-c2c(F)cccc2Cl)c1C(=O)n1ccc(C2CC2)n1. The number of aromatic nitrogens is 3. The van der Waals surface area contributed by atoms with Gasteiger partial charge in [0.25, 0.3) is 5.91 Å². The van der Waals surface area contributed by atoms with Gasteiger partial charge in [0.05, 0.1) is 16.3 Å². The fraction of sp³-hybridized carbons (Fsp3) is 0.235. The van der Waals surface area contributed by atoms with Crippen molar-refractivity contribution in [2.24, 2.45) is 0 Å². The molecule has 1 fully saturated rings. The zero-order valence-corrected chi connectivity index (χ0v) is 13.5. The van der Waals surface area contributed by atoms with Gasteiger partial charge in [0.2, 0.25) is 0 Å². The molecule has 122 valence electrons. The van der Waals surface area contributed by atoms with Crippen LogP contribution in [0.1, 0.15) is 40.6 Å². The molecule has 4 rings (SSSR count). The highest BCUT2D eigenvalue weighted by Crippen LogP contribution is 2.39. The van der Waals surface area contributed by atoms with Gasteiger partial charge in [0.15, 0.2) is 0 Å². The predicted octanol–water partition coefficient (Wildman–Crippen LogP) is 4.20. The van der Waals surface area contributed by atoms with E-state index in [0.717, 1.165) is 18.5 Å². The van der Waals surface area contributed by atoms with Gasteiger partial charge in [-0.2, -0.15) is 5.10 Å². The third-order valence-corrected chi connectivity index (χ3v) is 4.40. The van der Waals surface area contributed by atoms with Crippen LogP contribution < -0.4 is 0 Å². The van der Waals surface area contributed by atoms with Crippen molar-refractivity contribution >= 4 is 17.5 Å². The first-order chi connectivity index (χ1) is 11.6. The summed E-state index contributed by atoms with van der Waals surface area (Å²) in [6.07, 6.45) is 3.79. The van der Waals surface area contributed by atoms with E-state index in [9.17, 15) is 9.18 Å². The average Bonchev–Trinajstić information content (AvgIpc) is 3.16. The van der Waals surface area contributed by atoms with Crippen molar-refractivity contribution in [2.45, 2.75) is 25.7 Å². The lowest BCUT2D eigenvalue weighted by Crippen LogP contribution is -2.14. The van der Waals surface area contributed by atoms with Crippen molar-refractivity contribution in [2.75, 3.05) is 0 Å². The van der Waals surface area contributed by atoms with E-state index >= 15 is 0 Å². The van der Waals surface area contributed by atoms with Crippen molar-refractivity contribution < 1.29 is 13.7 Å². The van der Waals surface area contributed by atoms with Gasteiger partial charge in [-0.3, -0.25) is 4.79 Å². The third kappa shape index (κ3) is 2.43. The topological polar surface area (TPSA) is 60.9 Å². The average molecular weight is 346 g/mol. The van der Waals surface area contributed by atoms with E-state index in [1.807, 2.05) is 6.07 Å². The second-order valence-electron chi connectivity index (χ2n) is 5.82. The summed E-state index contributed by atoms with van der Waals surface area (Å²) >= 11 is 6.09. The molecule has 1 aliphatic carbocycles. The second-order valence-corrected chi connectivity index (χ2v) is 6.23. The molecule has 0 aliphatic heterocycles. The maximum absolute atomic E-state index is 14.2. The van der Waals surface area contributed by atoms with E-state index in [0.29, 0.717) is 5.92 Å². The lowest BCUT2D eigenvalue weighted by molar-refractivity contribution is 0.0943. The van der Waals surface area contributed by atoms with Gasteiger partial charge in [0, 0.05) is 12.1 Å². The minimum Gasteiger partial charge on any atom is -0.360 e. The highest BCUT2D eigenvalue weighted by molar-refractivity contribution is 6.33. The summed E-state index contributed by atoms with van der Waals surface area (Å²) < 4.78 is 20.6. The first-order valence-corrected chi connectivity index (χ1v) is 7.95. The number of carbonyl (C=O) groups excluding carboxylic acids is 1. The van der Waals surface area contributed by atoms with Gasteiger partial charge >= 0.3 is 0 Å². The molecule has 7 heteroatoms. The zero-order valence-electron chi connectivity index (χ0n) is 12.8. The van der Waals surface area contributed by atoms with E-state index in [2.05, 4.69) is 10.3 Å². The molecule has 3 aromatic rings. The Kier molecular flexibility index (Phi) is 3.49. The number of aryl methyl sites for hydroxylation is 1. The van der Waals surface area contributed by atoms with Crippen molar-refractivity contribution in [3.8, 4) is 11.3 Å². The van der Waals surface area contributed by atoms with E-state index in [1.165, 1.54) is 22.9 Å². The van der Waals surface area contributed by atoms with Crippen molar-refractivity contribution in [3.63, 3.8) is 0 Å². The smallest absolute Gasteiger partial charge is 0.284 e. The molecule has 0 atom stereocenters. The molecule has 2 aromatic heterocycles. The van der Waals surface area contributed by atoms with Gasteiger partial charge in [-0.15, -0.1) is 0 Å². The van der Waals surface area contributed by atoms with Gasteiger partial charge in [-0.05, 0) is 38.0 Å². The Bertz CT molecular complexity index is 923. The van der Waals surface area contributed by atoms with Crippen molar-refractivity contribution in [1.29, 1.82) is 0 Å². The monoisotopic (exact) mass is 345 g/mol. The lowest BCUT2D eigenvalue weighted by Gasteiger charge is -2.05. The summed E-state index contributed by atoms with van der Waals surface area (Å²) in [7, 11) is 0. The maximum Gasteiger partial charge on any atom is 0.284 e. The number of benzene rings is 1. The number of halogens is 2. The Morgan fingerprint density at radius 2 is 2.17 bits per heavy atom. The fourth-order valence-corrected chi connectivity index (χ4v) is 2.93. The van der Waals surface area contributed by atoms with E-state index in [1.54, 1.807) is 13.1 Å². The molecule has 0 bridgehead atoms. The Labute approximate surface area is 142 Å². The number of hydrogen-bond donors (Lipinski definition) is 0. The highest BCUT2D eigenvalue weighted by Gasteiger charge is 2.29. The van der Waals surface area contributed by atoms with Crippen LogP contribution in [0.2, 0.25) is 5.02 Å². The molecule has 0 spiro atoms. The van der Waals surface area contributed by atoms with Crippen LogP contribution in [0.15, 0.2) is 35.0 Å².